The van der Waals surface area contributed by atoms with Crippen molar-refractivity contribution in [1.82, 2.24) is 9.80 Å². The Labute approximate surface area is 154 Å². The van der Waals surface area contributed by atoms with E-state index in [1.54, 1.807) is 23.5 Å². The lowest BCUT2D eigenvalue weighted by molar-refractivity contribution is 0.170. The van der Waals surface area contributed by atoms with Crippen LogP contribution >= 0.6 is 11.3 Å². The Morgan fingerprint density at radius 1 is 1.28 bits per heavy atom. The number of piperidine rings is 1. The molecule has 0 N–H and O–H groups in total. The number of hydrogen-bond donors (Lipinski definition) is 0. The molecule has 0 saturated carbocycles. The quantitative estimate of drug-likeness (QED) is 0.705. The summed E-state index contributed by atoms with van der Waals surface area (Å²) in [6.07, 6.45) is 3.21. The van der Waals surface area contributed by atoms with Gasteiger partial charge >= 0.3 is 0 Å². The number of thiophene rings is 1. The van der Waals surface area contributed by atoms with Crippen molar-refractivity contribution in [3.63, 3.8) is 0 Å². The van der Waals surface area contributed by atoms with Gasteiger partial charge in [0, 0.05) is 31.4 Å². The van der Waals surface area contributed by atoms with Crippen LogP contribution in [0.25, 0.3) is 5.70 Å². The zero-order valence-corrected chi connectivity index (χ0v) is 15.8. The third kappa shape index (κ3) is 4.93. The highest BCUT2D eigenvalue weighted by molar-refractivity contribution is 7.08. The summed E-state index contributed by atoms with van der Waals surface area (Å²) in [7, 11) is 2.14. The van der Waals surface area contributed by atoms with Gasteiger partial charge in [-0.1, -0.05) is 24.8 Å². The van der Waals surface area contributed by atoms with Gasteiger partial charge in [-0.25, -0.2) is 4.39 Å². The van der Waals surface area contributed by atoms with Gasteiger partial charge in [-0.05, 0) is 66.7 Å². The van der Waals surface area contributed by atoms with Gasteiger partial charge in [0.05, 0.1) is 0 Å². The fourth-order valence-electron chi connectivity index (χ4n) is 3.52. The molecule has 134 valence electrons. The largest absolute Gasteiger partial charge is 0.374 e. The molecule has 2 heterocycles. The molecule has 1 aromatic heterocycles. The molecule has 1 saturated heterocycles. The summed E-state index contributed by atoms with van der Waals surface area (Å²) >= 11 is 1.72. The van der Waals surface area contributed by atoms with Crippen molar-refractivity contribution in [2.75, 3.05) is 33.2 Å². The number of likely N-dealkylation sites (tertiary alicyclic amines) is 1. The lowest BCUT2D eigenvalue weighted by Crippen LogP contribution is -2.38. The van der Waals surface area contributed by atoms with E-state index in [2.05, 4.69) is 40.3 Å². The normalized spacial score (nSPS) is 16.1. The molecule has 2 aromatic rings. The average Bonchev–Trinajstić information content (AvgIpc) is 3.16. The molecule has 1 aromatic carbocycles. The molecule has 1 aliphatic rings. The topological polar surface area (TPSA) is 6.48 Å². The molecule has 3 rings (SSSR count). The summed E-state index contributed by atoms with van der Waals surface area (Å²) in [6.45, 7) is 8.47. The Morgan fingerprint density at radius 3 is 2.72 bits per heavy atom. The zero-order chi connectivity index (χ0) is 17.6. The second-order valence-corrected chi connectivity index (χ2v) is 7.75. The van der Waals surface area contributed by atoms with Crippen molar-refractivity contribution >= 4 is 17.0 Å². The maximum absolute atomic E-state index is 13.7. The van der Waals surface area contributed by atoms with Crippen LogP contribution in [0.4, 0.5) is 4.39 Å². The zero-order valence-electron chi connectivity index (χ0n) is 15.0. The van der Waals surface area contributed by atoms with Crippen molar-refractivity contribution in [2.45, 2.75) is 19.3 Å². The second kappa shape index (κ2) is 8.63. The highest BCUT2D eigenvalue weighted by Gasteiger charge is 2.21. The molecule has 25 heavy (non-hydrogen) atoms. The van der Waals surface area contributed by atoms with Crippen LogP contribution in [0.3, 0.4) is 0 Å². The number of rotatable bonds is 7. The van der Waals surface area contributed by atoms with E-state index in [1.807, 2.05) is 12.1 Å². The SMILES string of the molecule is C=C(c1ccsc1)N(C)CC1CCN(CCc2ccccc2F)CC1. The van der Waals surface area contributed by atoms with Crippen LogP contribution < -0.4 is 0 Å². The van der Waals surface area contributed by atoms with Crippen molar-refractivity contribution in [3.8, 4) is 0 Å². The first-order chi connectivity index (χ1) is 12.1. The van der Waals surface area contributed by atoms with E-state index in [9.17, 15) is 4.39 Å². The summed E-state index contributed by atoms with van der Waals surface area (Å²) in [5.74, 6) is 0.635. The maximum Gasteiger partial charge on any atom is 0.126 e. The second-order valence-electron chi connectivity index (χ2n) is 6.97. The van der Waals surface area contributed by atoms with Gasteiger partial charge in [0.1, 0.15) is 5.82 Å². The molecule has 0 unspecified atom stereocenters. The summed E-state index contributed by atoms with van der Waals surface area (Å²) in [5.41, 5.74) is 3.18. The Kier molecular flexibility index (Phi) is 6.27. The molecule has 0 spiro atoms. The molecule has 1 aliphatic heterocycles. The van der Waals surface area contributed by atoms with E-state index in [-0.39, 0.29) is 5.82 Å². The Balaban J connectivity index is 1.41. The number of halogens is 1. The van der Waals surface area contributed by atoms with Gasteiger partial charge in [-0.2, -0.15) is 11.3 Å². The van der Waals surface area contributed by atoms with Gasteiger partial charge in [0.25, 0.3) is 0 Å². The lowest BCUT2D eigenvalue weighted by Gasteiger charge is -2.34. The molecule has 2 nitrogen and oxygen atoms in total. The van der Waals surface area contributed by atoms with Gasteiger partial charge in [-0.3, -0.25) is 0 Å². The van der Waals surface area contributed by atoms with Crippen molar-refractivity contribution < 1.29 is 4.39 Å². The lowest BCUT2D eigenvalue weighted by atomic mass is 9.95. The number of benzene rings is 1. The van der Waals surface area contributed by atoms with E-state index in [4.69, 9.17) is 0 Å². The van der Waals surface area contributed by atoms with Crippen LogP contribution in [0, 0.1) is 11.7 Å². The van der Waals surface area contributed by atoms with Crippen LogP contribution in [0.1, 0.15) is 24.0 Å². The highest BCUT2D eigenvalue weighted by Crippen LogP contribution is 2.24. The average molecular weight is 359 g/mol. The number of nitrogens with zero attached hydrogens (tertiary/aromatic N) is 2. The molecule has 0 aliphatic carbocycles. The Bertz CT molecular complexity index is 675. The predicted molar refractivity (Wildman–Crippen MR) is 105 cm³/mol. The van der Waals surface area contributed by atoms with E-state index in [0.717, 1.165) is 43.9 Å². The minimum absolute atomic E-state index is 0.0778. The smallest absolute Gasteiger partial charge is 0.126 e. The van der Waals surface area contributed by atoms with Crippen molar-refractivity contribution in [1.29, 1.82) is 0 Å². The molecule has 0 radical (unpaired) electrons. The first-order valence-corrected chi connectivity index (χ1v) is 9.96. The van der Waals surface area contributed by atoms with Crippen LogP contribution in [-0.4, -0.2) is 43.0 Å². The molecule has 1 fully saturated rings. The van der Waals surface area contributed by atoms with Gasteiger partial charge in [-0.15, -0.1) is 0 Å². The van der Waals surface area contributed by atoms with Gasteiger partial charge in [0.2, 0.25) is 0 Å². The molecular formula is C21H27FN2S. The molecule has 0 amide bonds. The fourth-order valence-corrected chi connectivity index (χ4v) is 4.18. The highest BCUT2D eigenvalue weighted by atomic mass is 32.1. The van der Waals surface area contributed by atoms with Crippen LogP contribution in [0.5, 0.6) is 0 Å². The first kappa shape index (κ1) is 18.2. The molecule has 0 bridgehead atoms. The monoisotopic (exact) mass is 358 g/mol. The summed E-state index contributed by atoms with van der Waals surface area (Å²) in [6, 6.07) is 9.26. The predicted octanol–water partition coefficient (Wildman–Crippen LogP) is 4.74. The number of hydrogen-bond acceptors (Lipinski definition) is 3. The standard InChI is InChI=1S/C21H27FN2S/c1-17(20-10-14-25-16-20)23(2)15-18-7-11-24(12-8-18)13-9-19-5-3-4-6-21(19)22/h3-6,10,14,16,18H,1,7-9,11-13,15H2,2H3. The summed E-state index contributed by atoms with van der Waals surface area (Å²) in [4.78, 5) is 4.76. The van der Waals surface area contributed by atoms with Gasteiger partial charge < -0.3 is 9.80 Å². The van der Waals surface area contributed by atoms with Gasteiger partial charge in [0.15, 0.2) is 0 Å². The third-order valence-electron chi connectivity index (χ3n) is 5.21. The summed E-state index contributed by atoms with van der Waals surface area (Å²) < 4.78 is 13.7. The maximum atomic E-state index is 13.7. The van der Waals surface area contributed by atoms with E-state index in [1.165, 1.54) is 18.4 Å². The minimum atomic E-state index is -0.0778. The van der Waals surface area contributed by atoms with Crippen LogP contribution in [0.2, 0.25) is 0 Å². The van der Waals surface area contributed by atoms with Crippen molar-refractivity contribution in [2.24, 2.45) is 5.92 Å². The van der Waals surface area contributed by atoms with E-state index >= 15 is 0 Å². The van der Waals surface area contributed by atoms with Crippen LogP contribution in [-0.2, 0) is 6.42 Å². The fraction of sp³-hybridized carbons (Fsp3) is 0.429. The third-order valence-corrected chi connectivity index (χ3v) is 5.89. The van der Waals surface area contributed by atoms with Crippen molar-refractivity contribution in [3.05, 3.63) is 64.6 Å². The minimum Gasteiger partial charge on any atom is -0.374 e. The van der Waals surface area contributed by atoms with E-state index < -0.39 is 0 Å². The summed E-state index contributed by atoms with van der Waals surface area (Å²) in [5, 5.41) is 4.26. The first-order valence-electron chi connectivity index (χ1n) is 9.02. The van der Waals surface area contributed by atoms with E-state index in [0.29, 0.717) is 5.92 Å². The Hall–Kier alpha value is -1.65. The van der Waals surface area contributed by atoms with Crippen LogP contribution in [0.15, 0.2) is 47.7 Å². The molecular weight excluding hydrogens is 331 g/mol. The molecule has 4 heteroatoms. The molecule has 0 atom stereocenters. The Morgan fingerprint density at radius 2 is 2.04 bits per heavy atom.